The second kappa shape index (κ2) is 10.8. The summed E-state index contributed by atoms with van der Waals surface area (Å²) in [6, 6.07) is 21.9. The van der Waals surface area contributed by atoms with Crippen LogP contribution in [0.2, 0.25) is 0 Å². The number of hydrogen-bond donors (Lipinski definition) is 0. The van der Waals surface area contributed by atoms with E-state index in [4.69, 9.17) is 18.8 Å². The first-order chi connectivity index (χ1) is 16.6. The van der Waals surface area contributed by atoms with Crippen molar-refractivity contribution in [2.24, 2.45) is 5.16 Å². The summed E-state index contributed by atoms with van der Waals surface area (Å²) >= 11 is 0. The van der Waals surface area contributed by atoms with Gasteiger partial charge in [-0.3, -0.25) is 9.63 Å². The summed E-state index contributed by atoms with van der Waals surface area (Å²) in [5.74, 6) is -0.928. The highest BCUT2D eigenvalue weighted by atomic mass is 16.7. The molecule has 1 saturated carbocycles. The molecule has 0 N–H and O–H groups in total. The zero-order chi connectivity index (χ0) is 23.8. The lowest BCUT2D eigenvalue weighted by atomic mass is 10.0. The van der Waals surface area contributed by atoms with Gasteiger partial charge in [0.05, 0.1) is 19.1 Å². The van der Waals surface area contributed by atoms with Crippen molar-refractivity contribution in [3.63, 3.8) is 0 Å². The van der Waals surface area contributed by atoms with E-state index in [2.05, 4.69) is 5.16 Å². The topological polar surface area (TPSA) is 90.6 Å². The SMILES string of the molecule is COC(=O)C(=NOC1(C(=O)N(OCc2ccccc2)c2ccccc2)CCCC1)c1ccco1. The molecule has 0 atom stereocenters. The van der Waals surface area contributed by atoms with E-state index >= 15 is 0 Å². The zero-order valence-electron chi connectivity index (χ0n) is 18.9. The van der Waals surface area contributed by atoms with Crippen molar-refractivity contribution < 1.29 is 28.4 Å². The molecule has 1 heterocycles. The molecule has 0 radical (unpaired) electrons. The summed E-state index contributed by atoms with van der Waals surface area (Å²) in [7, 11) is 1.24. The van der Waals surface area contributed by atoms with Crippen molar-refractivity contribution in [3.05, 3.63) is 90.4 Å². The Morgan fingerprint density at radius 2 is 1.65 bits per heavy atom. The van der Waals surface area contributed by atoms with Gasteiger partial charge in [-0.25, -0.2) is 4.79 Å². The Balaban J connectivity index is 1.63. The Morgan fingerprint density at radius 3 is 2.26 bits per heavy atom. The van der Waals surface area contributed by atoms with Crippen LogP contribution in [-0.2, 0) is 30.6 Å². The second-order valence-corrected chi connectivity index (χ2v) is 7.90. The molecule has 2 aromatic carbocycles. The molecule has 1 amide bonds. The monoisotopic (exact) mass is 462 g/mol. The van der Waals surface area contributed by atoms with E-state index in [1.165, 1.54) is 18.4 Å². The molecule has 34 heavy (non-hydrogen) atoms. The Hall–Kier alpha value is -3.91. The van der Waals surface area contributed by atoms with E-state index in [1.807, 2.05) is 48.5 Å². The van der Waals surface area contributed by atoms with Gasteiger partial charge >= 0.3 is 5.97 Å². The first-order valence-electron chi connectivity index (χ1n) is 11.1. The molecule has 0 bridgehead atoms. The molecule has 0 saturated heterocycles. The molecule has 1 aliphatic carbocycles. The number of oxime groups is 1. The van der Waals surface area contributed by atoms with Crippen LogP contribution < -0.4 is 5.06 Å². The summed E-state index contributed by atoms with van der Waals surface area (Å²) in [4.78, 5) is 38.1. The van der Waals surface area contributed by atoms with Crippen molar-refractivity contribution in [2.45, 2.75) is 37.9 Å². The number of carbonyl (C=O) groups is 2. The van der Waals surface area contributed by atoms with E-state index in [9.17, 15) is 9.59 Å². The quantitative estimate of drug-likeness (QED) is 0.261. The highest BCUT2D eigenvalue weighted by molar-refractivity contribution is 6.42. The minimum absolute atomic E-state index is 0.150. The lowest BCUT2D eigenvalue weighted by molar-refractivity contribution is -0.152. The first-order valence-corrected chi connectivity index (χ1v) is 11.1. The number of rotatable bonds is 9. The predicted molar refractivity (Wildman–Crippen MR) is 125 cm³/mol. The third-order valence-electron chi connectivity index (χ3n) is 5.62. The fourth-order valence-corrected chi connectivity index (χ4v) is 3.83. The van der Waals surface area contributed by atoms with Gasteiger partial charge < -0.3 is 14.0 Å². The van der Waals surface area contributed by atoms with Crippen LogP contribution in [0.1, 0.15) is 37.0 Å². The second-order valence-electron chi connectivity index (χ2n) is 7.90. The third kappa shape index (κ3) is 5.18. The highest BCUT2D eigenvalue weighted by Gasteiger charge is 2.48. The van der Waals surface area contributed by atoms with Crippen LogP contribution in [0, 0.1) is 0 Å². The Kier molecular flexibility index (Phi) is 7.39. The number of ether oxygens (including phenoxy) is 1. The number of carbonyl (C=O) groups excluding carboxylic acids is 2. The van der Waals surface area contributed by atoms with Crippen molar-refractivity contribution >= 4 is 23.3 Å². The largest absolute Gasteiger partial charge is 0.464 e. The maximum absolute atomic E-state index is 13.9. The van der Waals surface area contributed by atoms with E-state index in [0.717, 1.165) is 18.4 Å². The van der Waals surface area contributed by atoms with Gasteiger partial charge in [-0.2, -0.15) is 5.06 Å². The van der Waals surface area contributed by atoms with Gasteiger partial charge in [-0.05, 0) is 55.5 Å². The van der Waals surface area contributed by atoms with Gasteiger partial charge in [0.1, 0.15) is 6.61 Å². The fourth-order valence-electron chi connectivity index (χ4n) is 3.83. The molecule has 8 heteroatoms. The van der Waals surface area contributed by atoms with E-state index in [-0.39, 0.29) is 24.0 Å². The highest BCUT2D eigenvalue weighted by Crippen LogP contribution is 2.37. The molecule has 4 rings (SSSR count). The summed E-state index contributed by atoms with van der Waals surface area (Å²) in [5.41, 5.74) is 0.0456. The van der Waals surface area contributed by atoms with Gasteiger partial charge in [0.15, 0.2) is 5.76 Å². The average Bonchev–Trinajstić information content (AvgIpc) is 3.59. The van der Waals surface area contributed by atoms with Crippen molar-refractivity contribution in [2.75, 3.05) is 12.2 Å². The summed E-state index contributed by atoms with van der Waals surface area (Å²) in [5, 5.41) is 5.31. The fraction of sp³-hybridized carbons (Fsp3) is 0.269. The van der Waals surface area contributed by atoms with Crippen molar-refractivity contribution in [1.82, 2.24) is 0 Å². The van der Waals surface area contributed by atoms with Gasteiger partial charge in [0.25, 0.3) is 5.91 Å². The van der Waals surface area contributed by atoms with Crippen LogP contribution in [0.4, 0.5) is 5.69 Å². The Labute approximate surface area is 197 Å². The Morgan fingerprint density at radius 1 is 0.971 bits per heavy atom. The van der Waals surface area contributed by atoms with Crippen molar-refractivity contribution in [1.29, 1.82) is 0 Å². The number of esters is 1. The number of anilines is 1. The van der Waals surface area contributed by atoms with Crippen LogP contribution >= 0.6 is 0 Å². The lowest BCUT2D eigenvalue weighted by Crippen LogP contribution is -2.49. The third-order valence-corrected chi connectivity index (χ3v) is 5.62. The van der Waals surface area contributed by atoms with Gasteiger partial charge in [-0.15, -0.1) is 0 Å². The minimum atomic E-state index is -1.29. The number of hydroxylamine groups is 1. The van der Waals surface area contributed by atoms with E-state index < -0.39 is 11.6 Å². The predicted octanol–water partition coefficient (Wildman–Crippen LogP) is 4.65. The molecule has 0 spiro atoms. The molecule has 0 unspecified atom stereocenters. The number of hydrogen-bond acceptors (Lipinski definition) is 7. The van der Waals surface area contributed by atoms with Crippen LogP contribution in [0.3, 0.4) is 0 Å². The maximum atomic E-state index is 13.9. The molecule has 1 aromatic heterocycles. The van der Waals surface area contributed by atoms with Crippen LogP contribution in [0.5, 0.6) is 0 Å². The van der Waals surface area contributed by atoms with Crippen molar-refractivity contribution in [3.8, 4) is 0 Å². The smallest absolute Gasteiger partial charge is 0.364 e. The van der Waals surface area contributed by atoms with Crippen LogP contribution in [-0.4, -0.2) is 30.3 Å². The number of nitrogens with zero attached hydrogens (tertiary/aromatic N) is 2. The number of methoxy groups -OCH3 is 1. The van der Waals surface area contributed by atoms with Gasteiger partial charge in [-0.1, -0.05) is 53.7 Å². The standard InChI is InChI=1S/C26H26N2O6/c1-31-24(29)23(22-15-10-18-32-22)27-34-26(16-8-9-17-26)25(30)28(21-13-6-3-7-14-21)33-19-20-11-4-2-5-12-20/h2-7,10-15,18H,8-9,16-17,19H2,1H3. The molecular weight excluding hydrogens is 436 g/mol. The molecule has 176 valence electrons. The zero-order valence-corrected chi connectivity index (χ0v) is 18.9. The summed E-state index contributed by atoms with van der Waals surface area (Å²) in [6.45, 7) is 0.195. The maximum Gasteiger partial charge on any atom is 0.364 e. The van der Waals surface area contributed by atoms with Gasteiger partial charge in [0.2, 0.25) is 11.3 Å². The normalized spacial score (nSPS) is 15.0. The first kappa shape index (κ1) is 23.3. The molecule has 1 aliphatic rings. The Bertz CT molecular complexity index is 1110. The number of benzene rings is 2. The molecule has 0 aliphatic heterocycles. The summed E-state index contributed by atoms with van der Waals surface area (Å²) < 4.78 is 10.1. The van der Waals surface area contributed by atoms with Crippen LogP contribution in [0.15, 0.2) is 88.6 Å². The average molecular weight is 463 g/mol. The number of amides is 1. The molecule has 3 aromatic rings. The minimum Gasteiger partial charge on any atom is -0.464 e. The number of para-hydroxylation sites is 1. The van der Waals surface area contributed by atoms with Gasteiger partial charge in [0, 0.05) is 0 Å². The molecule has 8 nitrogen and oxygen atoms in total. The van der Waals surface area contributed by atoms with E-state index in [1.54, 1.807) is 24.3 Å². The van der Waals surface area contributed by atoms with Crippen LogP contribution in [0.25, 0.3) is 0 Å². The number of furan rings is 1. The lowest BCUT2D eigenvalue weighted by Gasteiger charge is -2.31. The molecular formula is C26H26N2O6. The molecule has 1 fully saturated rings. The van der Waals surface area contributed by atoms with E-state index in [0.29, 0.717) is 18.5 Å². The summed E-state index contributed by atoms with van der Waals surface area (Å²) in [6.07, 6.45) is 3.83.